The Morgan fingerprint density at radius 2 is 1.89 bits per heavy atom. The van der Waals surface area contributed by atoms with Gasteiger partial charge in [-0.05, 0) is 25.2 Å². The Kier molecular flexibility index (Phi) is 12.5. The van der Waals surface area contributed by atoms with Crippen LogP contribution in [0.25, 0.3) is 0 Å². The minimum absolute atomic E-state index is 0.0816. The van der Waals surface area contributed by atoms with Crippen molar-refractivity contribution in [3.63, 3.8) is 0 Å². The zero-order chi connectivity index (χ0) is 13.6. The minimum atomic E-state index is -0.0816. The molecule has 1 unspecified atom stereocenters. The molecule has 0 aromatic heterocycles. The molecule has 0 heterocycles. The topological polar surface area (TPSA) is 46.5 Å². The van der Waals surface area contributed by atoms with Gasteiger partial charge >= 0.3 is 5.97 Å². The molecule has 18 heavy (non-hydrogen) atoms. The van der Waals surface area contributed by atoms with Gasteiger partial charge in [-0.25, -0.2) is 0 Å². The molecule has 0 amide bonds. The summed E-state index contributed by atoms with van der Waals surface area (Å²) in [5.41, 5.74) is 0. The number of rotatable bonds is 12. The SMILES string of the molecule is CCCCCC(CC)COC(=O)CCCCCO. The van der Waals surface area contributed by atoms with Gasteiger partial charge in [0.1, 0.15) is 0 Å². The van der Waals surface area contributed by atoms with E-state index < -0.39 is 0 Å². The number of carbonyl (C=O) groups excluding carboxylic acids is 1. The molecule has 108 valence electrons. The van der Waals surface area contributed by atoms with Crippen LogP contribution in [-0.2, 0) is 9.53 Å². The molecule has 0 spiro atoms. The van der Waals surface area contributed by atoms with Gasteiger partial charge in [0.25, 0.3) is 0 Å². The summed E-state index contributed by atoms with van der Waals surface area (Å²) in [4.78, 5) is 11.5. The lowest BCUT2D eigenvalue weighted by molar-refractivity contribution is -0.145. The Labute approximate surface area is 112 Å². The van der Waals surface area contributed by atoms with E-state index >= 15 is 0 Å². The predicted octanol–water partition coefficient (Wildman–Crippen LogP) is 3.69. The average Bonchev–Trinajstić information content (AvgIpc) is 2.39. The standard InChI is InChI=1S/C15H30O3/c1-3-5-7-10-14(4-2)13-18-15(17)11-8-6-9-12-16/h14,16H,3-13H2,1-2H3. The highest BCUT2D eigenvalue weighted by atomic mass is 16.5. The van der Waals surface area contributed by atoms with Crippen LogP contribution in [0.3, 0.4) is 0 Å². The van der Waals surface area contributed by atoms with Crippen LogP contribution in [0.1, 0.15) is 71.6 Å². The fourth-order valence-corrected chi connectivity index (χ4v) is 1.93. The third-order valence-corrected chi connectivity index (χ3v) is 3.31. The quantitative estimate of drug-likeness (QED) is 0.429. The largest absolute Gasteiger partial charge is 0.465 e. The van der Waals surface area contributed by atoms with E-state index in [2.05, 4.69) is 13.8 Å². The van der Waals surface area contributed by atoms with Crippen LogP contribution < -0.4 is 0 Å². The smallest absolute Gasteiger partial charge is 0.305 e. The second kappa shape index (κ2) is 12.9. The zero-order valence-corrected chi connectivity index (χ0v) is 12.1. The van der Waals surface area contributed by atoms with Crippen molar-refractivity contribution in [1.29, 1.82) is 0 Å². The first-order valence-corrected chi connectivity index (χ1v) is 7.51. The normalized spacial score (nSPS) is 12.4. The zero-order valence-electron chi connectivity index (χ0n) is 12.1. The van der Waals surface area contributed by atoms with Gasteiger partial charge in [0.15, 0.2) is 0 Å². The first-order valence-electron chi connectivity index (χ1n) is 7.51. The monoisotopic (exact) mass is 258 g/mol. The molecule has 0 fully saturated rings. The van der Waals surface area contributed by atoms with Crippen LogP contribution in [0.4, 0.5) is 0 Å². The number of esters is 1. The lowest BCUT2D eigenvalue weighted by Crippen LogP contribution is -2.13. The van der Waals surface area contributed by atoms with Gasteiger partial charge in [-0.2, -0.15) is 0 Å². The van der Waals surface area contributed by atoms with Crippen LogP contribution in [0.2, 0.25) is 0 Å². The molecular weight excluding hydrogens is 228 g/mol. The molecule has 0 aromatic carbocycles. The van der Waals surface area contributed by atoms with E-state index in [1.807, 2.05) is 0 Å². The summed E-state index contributed by atoms with van der Waals surface area (Å²) in [7, 11) is 0. The van der Waals surface area contributed by atoms with Crippen molar-refractivity contribution in [2.24, 2.45) is 5.92 Å². The molecule has 0 bridgehead atoms. The second-order valence-electron chi connectivity index (χ2n) is 4.99. The van der Waals surface area contributed by atoms with E-state index in [9.17, 15) is 4.79 Å². The van der Waals surface area contributed by atoms with Crippen molar-refractivity contribution in [3.05, 3.63) is 0 Å². The number of ether oxygens (including phenoxy) is 1. The average molecular weight is 258 g/mol. The molecule has 0 aromatic rings. The number of unbranched alkanes of at least 4 members (excludes halogenated alkanes) is 4. The number of hydrogen-bond acceptors (Lipinski definition) is 3. The van der Waals surface area contributed by atoms with Crippen LogP contribution in [-0.4, -0.2) is 24.3 Å². The molecule has 3 nitrogen and oxygen atoms in total. The Morgan fingerprint density at radius 3 is 2.50 bits per heavy atom. The molecular formula is C15H30O3. The predicted molar refractivity (Wildman–Crippen MR) is 74.4 cm³/mol. The highest BCUT2D eigenvalue weighted by Crippen LogP contribution is 2.14. The Morgan fingerprint density at radius 1 is 1.11 bits per heavy atom. The third kappa shape index (κ3) is 10.6. The Balaban J connectivity index is 3.54. The van der Waals surface area contributed by atoms with E-state index in [0.29, 0.717) is 18.9 Å². The highest BCUT2D eigenvalue weighted by Gasteiger charge is 2.09. The van der Waals surface area contributed by atoms with Gasteiger partial charge in [0.05, 0.1) is 6.61 Å². The molecule has 0 aliphatic rings. The van der Waals surface area contributed by atoms with E-state index in [1.165, 1.54) is 25.7 Å². The van der Waals surface area contributed by atoms with Crippen molar-refractivity contribution in [2.45, 2.75) is 71.6 Å². The van der Waals surface area contributed by atoms with Gasteiger partial charge in [0, 0.05) is 13.0 Å². The summed E-state index contributed by atoms with van der Waals surface area (Å²) in [6, 6.07) is 0. The van der Waals surface area contributed by atoms with Crippen molar-refractivity contribution >= 4 is 5.97 Å². The van der Waals surface area contributed by atoms with Crippen molar-refractivity contribution in [1.82, 2.24) is 0 Å². The summed E-state index contributed by atoms with van der Waals surface area (Å²) >= 11 is 0. The fraction of sp³-hybridized carbons (Fsp3) is 0.933. The molecule has 0 aliphatic carbocycles. The third-order valence-electron chi connectivity index (χ3n) is 3.31. The summed E-state index contributed by atoms with van der Waals surface area (Å²) in [5.74, 6) is 0.444. The Hall–Kier alpha value is -0.570. The second-order valence-corrected chi connectivity index (χ2v) is 4.99. The van der Waals surface area contributed by atoms with Gasteiger partial charge in [-0.15, -0.1) is 0 Å². The van der Waals surface area contributed by atoms with Crippen LogP contribution in [0.15, 0.2) is 0 Å². The van der Waals surface area contributed by atoms with Crippen LogP contribution >= 0.6 is 0 Å². The van der Waals surface area contributed by atoms with Crippen molar-refractivity contribution < 1.29 is 14.6 Å². The summed E-state index contributed by atoms with van der Waals surface area (Å²) in [6.07, 6.45) is 9.00. The lowest BCUT2D eigenvalue weighted by Gasteiger charge is -2.14. The molecule has 3 heteroatoms. The number of aliphatic hydroxyl groups is 1. The molecule has 1 atom stereocenters. The number of carbonyl (C=O) groups is 1. The van der Waals surface area contributed by atoms with E-state index in [-0.39, 0.29) is 12.6 Å². The van der Waals surface area contributed by atoms with Crippen LogP contribution in [0, 0.1) is 5.92 Å². The number of hydrogen-bond donors (Lipinski definition) is 1. The van der Waals surface area contributed by atoms with E-state index in [0.717, 1.165) is 25.7 Å². The molecule has 1 N–H and O–H groups in total. The molecule has 0 saturated heterocycles. The Bertz CT molecular complexity index is 192. The summed E-state index contributed by atoms with van der Waals surface area (Å²) < 4.78 is 5.30. The maximum atomic E-state index is 11.5. The summed E-state index contributed by atoms with van der Waals surface area (Å²) in [5, 5.41) is 8.63. The fourth-order valence-electron chi connectivity index (χ4n) is 1.93. The maximum absolute atomic E-state index is 11.5. The van der Waals surface area contributed by atoms with Gasteiger partial charge in [-0.3, -0.25) is 4.79 Å². The van der Waals surface area contributed by atoms with E-state index in [1.54, 1.807) is 0 Å². The first kappa shape index (κ1) is 17.4. The maximum Gasteiger partial charge on any atom is 0.305 e. The van der Waals surface area contributed by atoms with Gasteiger partial charge < -0.3 is 9.84 Å². The highest BCUT2D eigenvalue weighted by molar-refractivity contribution is 5.69. The molecule has 0 saturated carbocycles. The van der Waals surface area contributed by atoms with Crippen molar-refractivity contribution in [2.75, 3.05) is 13.2 Å². The molecule has 0 aliphatic heterocycles. The van der Waals surface area contributed by atoms with Gasteiger partial charge in [0.2, 0.25) is 0 Å². The first-order chi connectivity index (χ1) is 8.74. The summed E-state index contributed by atoms with van der Waals surface area (Å²) in [6.45, 7) is 5.16. The van der Waals surface area contributed by atoms with Crippen LogP contribution in [0.5, 0.6) is 0 Å². The molecule has 0 radical (unpaired) electrons. The minimum Gasteiger partial charge on any atom is -0.465 e. The van der Waals surface area contributed by atoms with E-state index in [4.69, 9.17) is 9.84 Å². The number of aliphatic hydroxyl groups excluding tert-OH is 1. The van der Waals surface area contributed by atoms with Gasteiger partial charge in [-0.1, -0.05) is 46.0 Å². The van der Waals surface area contributed by atoms with Crippen molar-refractivity contribution in [3.8, 4) is 0 Å². The molecule has 0 rings (SSSR count). The lowest BCUT2D eigenvalue weighted by atomic mass is 10.00.